The van der Waals surface area contributed by atoms with Gasteiger partial charge < -0.3 is 10.6 Å². The molecule has 1 aromatic carbocycles. The van der Waals surface area contributed by atoms with Crippen molar-refractivity contribution in [2.45, 2.75) is 58.9 Å². The van der Waals surface area contributed by atoms with Crippen molar-refractivity contribution in [1.29, 1.82) is 0 Å². The number of benzene rings is 1. The highest BCUT2D eigenvalue weighted by atomic mass is 35.5. The van der Waals surface area contributed by atoms with Crippen molar-refractivity contribution in [2.24, 2.45) is 11.1 Å². The lowest BCUT2D eigenvalue weighted by Gasteiger charge is -2.43. The minimum Gasteiger partial charge on any atom is -0.342 e. The molecular formula is C19H31ClN2O. The van der Waals surface area contributed by atoms with Crippen molar-refractivity contribution in [2.75, 3.05) is 13.1 Å². The van der Waals surface area contributed by atoms with Crippen LogP contribution in [0.15, 0.2) is 24.3 Å². The third-order valence-corrected chi connectivity index (χ3v) is 5.13. The Labute approximate surface area is 147 Å². The number of nitrogens with zero attached hydrogens (tertiary/aromatic N) is 1. The molecule has 1 aliphatic heterocycles. The first-order valence-electron chi connectivity index (χ1n) is 8.43. The number of rotatable bonds is 4. The molecule has 2 unspecified atom stereocenters. The SMILES string of the molecule is CCC(CC(=O)N1CCC(N)C(C)(C)C1)c1ccc(C)cc1.Cl. The minimum atomic E-state index is 0. The van der Waals surface area contributed by atoms with Gasteiger partial charge in [-0.05, 0) is 36.7 Å². The highest BCUT2D eigenvalue weighted by molar-refractivity contribution is 5.85. The maximum Gasteiger partial charge on any atom is 0.223 e. The fourth-order valence-corrected chi connectivity index (χ4v) is 3.26. The van der Waals surface area contributed by atoms with Gasteiger partial charge in [-0.15, -0.1) is 12.4 Å². The van der Waals surface area contributed by atoms with Gasteiger partial charge in [-0.2, -0.15) is 0 Å². The fraction of sp³-hybridized carbons (Fsp3) is 0.632. The first kappa shape index (κ1) is 20.0. The molecule has 23 heavy (non-hydrogen) atoms. The average molecular weight is 339 g/mol. The van der Waals surface area contributed by atoms with E-state index in [1.165, 1.54) is 11.1 Å². The number of carbonyl (C=O) groups excluding carboxylic acids is 1. The molecule has 0 saturated carbocycles. The van der Waals surface area contributed by atoms with E-state index < -0.39 is 0 Å². The van der Waals surface area contributed by atoms with E-state index in [1.807, 2.05) is 4.90 Å². The van der Waals surface area contributed by atoms with Gasteiger partial charge in [0.15, 0.2) is 0 Å². The predicted molar refractivity (Wildman–Crippen MR) is 99.0 cm³/mol. The van der Waals surface area contributed by atoms with Crippen LogP contribution in [-0.4, -0.2) is 29.9 Å². The summed E-state index contributed by atoms with van der Waals surface area (Å²) in [6.07, 6.45) is 2.50. The van der Waals surface area contributed by atoms with Crippen LogP contribution in [-0.2, 0) is 4.79 Å². The smallest absolute Gasteiger partial charge is 0.223 e. The molecule has 1 aromatic rings. The van der Waals surface area contributed by atoms with Crippen molar-refractivity contribution in [3.63, 3.8) is 0 Å². The van der Waals surface area contributed by atoms with Crippen molar-refractivity contribution in [3.8, 4) is 0 Å². The Kier molecular flexibility index (Phi) is 7.09. The first-order chi connectivity index (χ1) is 10.3. The normalized spacial score (nSPS) is 21.4. The van der Waals surface area contributed by atoms with E-state index in [9.17, 15) is 4.79 Å². The second-order valence-electron chi connectivity index (χ2n) is 7.42. The number of nitrogens with two attached hydrogens (primary N) is 1. The average Bonchev–Trinajstić information content (AvgIpc) is 2.48. The summed E-state index contributed by atoms with van der Waals surface area (Å²) >= 11 is 0. The summed E-state index contributed by atoms with van der Waals surface area (Å²) in [6.45, 7) is 10.1. The van der Waals surface area contributed by atoms with Crippen LogP contribution in [0.25, 0.3) is 0 Å². The van der Waals surface area contributed by atoms with Gasteiger partial charge in [-0.3, -0.25) is 4.79 Å². The molecule has 0 spiro atoms. The molecule has 1 aliphatic rings. The quantitative estimate of drug-likeness (QED) is 0.905. The number of piperidine rings is 1. The summed E-state index contributed by atoms with van der Waals surface area (Å²) in [4.78, 5) is 14.7. The van der Waals surface area contributed by atoms with Crippen LogP contribution in [0.5, 0.6) is 0 Å². The van der Waals surface area contributed by atoms with Crippen molar-refractivity contribution in [3.05, 3.63) is 35.4 Å². The molecule has 0 bridgehead atoms. The topological polar surface area (TPSA) is 46.3 Å². The third-order valence-electron chi connectivity index (χ3n) is 5.13. The molecule has 1 saturated heterocycles. The Hall–Kier alpha value is -1.06. The molecule has 3 nitrogen and oxygen atoms in total. The molecule has 2 atom stereocenters. The van der Waals surface area contributed by atoms with Gasteiger partial charge in [0.1, 0.15) is 0 Å². The van der Waals surface area contributed by atoms with Gasteiger partial charge >= 0.3 is 0 Å². The van der Waals surface area contributed by atoms with Gasteiger partial charge in [0.05, 0.1) is 0 Å². The van der Waals surface area contributed by atoms with Crippen LogP contribution in [0, 0.1) is 12.3 Å². The van der Waals surface area contributed by atoms with Gasteiger partial charge in [0.2, 0.25) is 5.91 Å². The van der Waals surface area contributed by atoms with Crippen LogP contribution in [0.4, 0.5) is 0 Å². The summed E-state index contributed by atoms with van der Waals surface area (Å²) in [6, 6.07) is 8.77. The molecule has 4 heteroatoms. The predicted octanol–water partition coefficient (Wildman–Crippen LogP) is 3.89. The minimum absolute atomic E-state index is 0. The van der Waals surface area contributed by atoms with E-state index in [0.29, 0.717) is 12.3 Å². The summed E-state index contributed by atoms with van der Waals surface area (Å²) < 4.78 is 0. The zero-order valence-electron chi connectivity index (χ0n) is 14.8. The molecule has 1 heterocycles. The van der Waals surface area contributed by atoms with E-state index in [-0.39, 0.29) is 29.8 Å². The lowest BCUT2D eigenvalue weighted by atomic mass is 9.79. The van der Waals surface area contributed by atoms with Crippen LogP contribution < -0.4 is 5.73 Å². The largest absolute Gasteiger partial charge is 0.342 e. The van der Waals surface area contributed by atoms with E-state index in [0.717, 1.165) is 25.9 Å². The standard InChI is InChI=1S/C19H30N2O.ClH/c1-5-15(16-8-6-14(2)7-9-16)12-18(22)21-11-10-17(20)19(3,4)13-21;/h6-9,15,17H,5,10-13,20H2,1-4H3;1H. The Morgan fingerprint density at radius 3 is 2.48 bits per heavy atom. The third kappa shape index (κ3) is 4.95. The lowest BCUT2D eigenvalue weighted by Crippen LogP contribution is -2.54. The highest BCUT2D eigenvalue weighted by Crippen LogP contribution is 2.30. The fourth-order valence-electron chi connectivity index (χ4n) is 3.26. The zero-order valence-corrected chi connectivity index (χ0v) is 15.7. The molecule has 2 rings (SSSR count). The van der Waals surface area contributed by atoms with Crippen molar-refractivity contribution < 1.29 is 4.79 Å². The Morgan fingerprint density at radius 1 is 1.35 bits per heavy atom. The summed E-state index contributed by atoms with van der Waals surface area (Å²) in [5.74, 6) is 0.583. The summed E-state index contributed by atoms with van der Waals surface area (Å²) in [7, 11) is 0. The van der Waals surface area contributed by atoms with Crippen molar-refractivity contribution in [1.82, 2.24) is 4.90 Å². The number of halogens is 1. The number of amides is 1. The van der Waals surface area contributed by atoms with Crippen molar-refractivity contribution >= 4 is 18.3 Å². The maximum absolute atomic E-state index is 12.7. The highest BCUT2D eigenvalue weighted by Gasteiger charge is 2.35. The number of hydrogen-bond donors (Lipinski definition) is 1. The van der Waals surface area contributed by atoms with Crippen LogP contribution in [0.2, 0.25) is 0 Å². The van der Waals surface area contributed by atoms with Crippen LogP contribution in [0.1, 0.15) is 57.1 Å². The van der Waals surface area contributed by atoms with Crippen LogP contribution in [0.3, 0.4) is 0 Å². The molecule has 0 aliphatic carbocycles. The molecule has 0 aromatic heterocycles. The molecule has 1 amide bonds. The van der Waals surface area contributed by atoms with E-state index in [4.69, 9.17) is 5.73 Å². The Bertz CT molecular complexity index is 513. The van der Waals surface area contributed by atoms with Gasteiger partial charge in [0.25, 0.3) is 0 Å². The molecule has 1 fully saturated rings. The molecule has 0 radical (unpaired) electrons. The van der Waals surface area contributed by atoms with Gasteiger partial charge in [-0.25, -0.2) is 0 Å². The number of carbonyl (C=O) groups is 1. The van der Waals surface area contributed by atoms with Gasteiger partial charge in [-0.1, -0.05) is 50.6 Å². The molecular weight excluding hydrogens is 308 g/mol. The van der Waals surface area contributed by atoms with E-state index in [2.05, 4.69) is 52.0 Å². The molecule has 2 N–H and O–H groups in total. The summed E-state index contributed by atoms with van der Waals surface area (Å²) in [5.41, 5.74) is 8.72. The molecule has 130 valence electrons. The van der Waals surface area contributed by atoms with Gasteiger partial charge in [0, 0.05) is 25.6 Å². The monoisotopic (exact) mass is 338 g/mol. The van der Waals surface area contributed by atoms with Crippen LogP contribution >= 0.6 is 12.4 Å². The number of likely N-dealkylation sites (tertiary alicyclic amines) is 1. The first-order valence-corrected chi connectivity index (χ1v) is 8.43. The Morgan fingerprint density at radius 2 is 1.96 bits per heavy atom. The Balaban J connectivity index is 0.00000264. The number of aryl methyl sites for hydroxylation is 1. The maximum atomic E-state index is 12.7. The lowest BCUT2D eigenvalue weighted by molar-refractivity contribution is -0.135. The number of hydrogen-bond acceptors (Lipinski definition) is 2. The van der Waals surface area contributed by atoms with E-state index >= 15 is 0 Å². The van der Waals surface area contributed by atoms with E-state index in [1.54, 1.807) is 0 Å². The summed E-state index contributed by atoms with van der Waals surface area (Å²) in [5, 5.41) is 0. The second-order valence-corrected chi connectivity index (χ2v) is 7.42. The second kappa shape index (κ2) is 8.16. The zero-order chi connectivity index (χ0) is 16.3.